The van der Waals surface area contributed by atoms with Crippen LogP contribution in [0.25, 0.3) is 0 Å². The van der Waals surface area contributed by atoms with Crippen LogP contribution in [0.1, 0.15) is 16.1 Å². The average Bonchev–Trinajstić information content (AvgIpc) is 2.49. The van der Waals surface area contributed by atoms with Gasteiger partial charge in [0.15, 0.2) is 0 Å². The number of hydrogen-bond donors (Lipinski definition) is 0. The van der Waals surface area contributed by atoms with E-state index in [4.69, 9.17) is 4.74 Å². The third kappa shape index (κ3) is 4.04. The molecule has 0 radical (unpaired) electrons. The maximum absolute atomic E-state index is 12.3. The molecular weight excluding hydrogens is 332 g/mol. The molecule has 0 fully saturated rings. The van der Waals surface area contributed by atoms with Crippen molar-refractivity contribution in [2.24, 2.45) is 0 Å². The Labute approximate surface area is 132 Å². The number of para-hydroxylation sites is 1. The summed E-state index contributed by atoms with van der Waals surface area (Å²) < 4.78 is 6.39. The standard InChI is InChI=1S/C16H17BrN2O2/c1-12-6-3-4-8-14(12)21-11-10-19(2)16(20)15-13(17)7-5-9-18-15/h3-9H,10-11H2,1-2H3. The van der Waals surface area contributed by atoms with Crippen molar-refractivity contribution in [2.75, 3.05) is 20.2 Å². The second kappa shape index (κ2) is 7.22. The van der Waals surface area contributed by atoms with Crippen LogP contribution in [0.15, 0.2) is 47.1 Å². The summed E-state index contributed by atoms with van der Waals surface area (Å²) in [6.07, 6.45) is 1.61. The fraction of sp³-hybridized carbons (Fsp3) is 0.250. The van der Waals surface area contributed by atoms with E-state index in [1.807, 2.05) is 31.2 Å². The van der Waals surface area contributed by atoms with E-state index in [0.29, 0.717) is 23.3 Å². The lowest BCUT2D eigenvalue weighted by molar-refractivity contribution is 0.0767. The summed E-state index contributed by atoms with van der Waals surface area (Å²) >= 11 is 3.34. The maximum Gasteiger partial charge on any atom is 0.273 e. The predicted molar refractivity (Wildman–Crippen MR) is 85.6 cm³/mol. The van der Waals surface area contributed by atoms with E-state index >= 15 is 0 Å². The molecule has 0 aliphatic rings. The zero-order valence-electron chi connectivity index (χ0n) is 12.0. The van der Waals surface area contributed by atoms with Crippen molar-refractivity contribution in [3.63, 3.8) is 0 Å². The topological polar surface area (TPSA) is 42.4 Å². The van der Waals surface area contributed by atoms with Gasteiger partial charge in [0, 0.05) is 17.7 Å². The lowest BCUT2D eigenvalue weighted by Gasteiger charge is -2.18. The zero-order chi connectivity index (χ0) is 15.2. The van der Waals surface area contributed by atoms with Gasteiger partial charge in [-0.25, -0.2) is 4.98 Å². The number of nitrogens with zero attached hydrogens (tertiary/aromatic N) is 2. The van der Waals surface area contributed by atoms with Gasteiger partial charge in [0.25, 0.3) is 5.91 Å². The third-order valence-electron chi connectivity index (χ3n) is 3.09. The van der Waals surface area contributed by atoms with E-state index in [2.05, 4.69) is 20.9 Å². The largest absolute Gasteiger partial charge is 0.491 e. The molecule has 0 bridgehead atoms. The van der Waals surface area contributed by atoms with Gasteiger partial charge in [-0.15, -0.1) is 0 Å². The molecule has 1 aromatic heterocycles. The number of rotatable bonds is 5. The van der Waals surface area contributed by atoms with E-state index in [-0.39, 0.29) is 5.91 Å². The van der Waals surface area contributed by atoms with Crippen LogP contribution in [0.4, 0.5) is 0 Å². The highest BCUT2D eigenvalue weighted by molar-refractivity contribution is 9.10. The Balaban J connectivity index is 1.90. The molecule has 4 nitrogen and oxygen atoms in total. The number of aryl methyl sites for hydroxylation is 1. The second-order valence-corrected chi connectivity index (χ2v) is 5.53. The normalized spacial score (nSPS) is 10.2. The SMILES string of the molecule is Cc1ccccc1OCCN(C)C(=O)c1ncccc1Br. The number of carbonyl (C=O) groups is 1. The van der Waals surface area contributed by atoms with Crippen LogP contribution in [0.2, 0.25) is 0 Å². The summed E-state index contributed by atoms with van der Waals surface area (Å²) in [4.78, 5) is 18.0. The number of ether oxygens (including phenoxy) is 1. The van der Waals surface area contributed by atoms with Crippen LogP contribution in [-0.4, -0.2) is 36.0 Å². The summed E-state index contributed by atoms with van der Waals surface area (Å²) in [7, 11) is 1.74. The third-order valence-corrected chi connectivity index (χ3v) is 3.73. The molecule has 0 atom stereocenters. The van der Waals surface area contributed by atoms with E-state index in [0.717, 1.165) is 11.3 Å². The first-order valence-corrected chi connectivity index (χ1v) is 7.43. The van der Waals surface area contributed by atoms with E-state index in [1.54, 1.807) is 30.3 Å². The van der Waals surface area contributed by atoms with E-state index in [1.165, 1.54) is 0 Å². The van der Waals surface area contributed by atoms with Gasteiger partial charge in [-0.1, -0.05) is 18.2 Å². The Bertz CT molecular complexity index is 631. The van der Waals surface area contributed by atoms with Crippen molar-refractivity contribution in [2.45, 2.75) is 6.92 Å². The number of benzene rings is 1. The van der Waals surface area contributed by atoms with Gasteiger partial charge in [0.2, 0.25) is 0 Å². The van der Waals surface area contributed by atoms with Crippen LogP contribution in [-0.2, 0) is 0 Å². The molecular formula is C16H17BrN2O2. The Hall–Kier alpha value is -1.88. The molecule has 0 saturated carbocycles. The number of halogens is 1. The molecule has 0 aliphatic heterocycles. The molecule has 1 aromatic carbocycles. The molecule has 0 saturated heterocycles. The van der Waals surface area contributed by atoms with Crippen molar-refractivity contribution < 1.29 is 9.53 Å². The smallest absolute Gasteiger partial charge is 0.273 e. The lowest BCUT2D eigenvalue weighted by atomic mass is 10.2. The van der Waals surface area contributed by atoms with Crippen LogP contribution >= 0.6 is 15.9 Å². The van der Waals surface area contributed by atoms with Crippen LogP contribution in [0.5, 0.6) is 5.75 Å². The first kappa shape index (κ1) is 15.5. The number of hydrogen-bond acceptors (Lipinski definition) is 3. The van der Waals surface area contributed by atoms with Gasteiger partial charge in [-0.3, -0.25) is 4.79 Å². The van der Waals surface area contributed by atoms with Crippen LogP contribution in [0.3, 0.4) is 0 Å². The molecule has 110 valence electrons. The predicted octanol–water partition coefficient (Wildman–Crippen LogP) is 3.30. The van der Waals surface area contributed by atoms with Gasteiger partial charge in [-0.2, -0.15) is 0 Å². The molecule has 1 amide bonds. The Morgan fingerprint density at radius 1 is 1.29 bits per heavy atom. The molecule has 1 heterocycles. The Morgan fingerprint density at radius 2 is 2.05 bits per heavy atom. The second-order valence-electron chi connectivity index (χ2n) is 4.67. The minimum absolute atomic E-state index is 0.129. The molecule has 0 unspecified atom stereocenters. The van der Waals surface area contributed by atoms with Gasteiger partial charge in [0.1, 0.15) is 18.1 Å². The molecule has 0 aliphatic carbocycles. The summed E-state index contributed by atoms with van der Waals surface area (Å²) in [5.74, 6) is 0.716. The average molecular weight is 349 g/mol. The summed E-state index contributed by atoms with van der Waals surface area (Å²) in [6, 6.07) is 11.4. The Morgan fingerprint density at radius 3 is 2.76 bits per heavy atom. The van der Waals surface area contributed by atoms with E-state index < -0.39 is 0 Å². The number of likely N-dealkylation sites (N-methyl/N-ethyl adjacent to an activating group) is 1. The van der Waals surface area contributed by atoms with Crippen molar-refractivity contribution in [3.8, 4) is 5.75 Å². The maximum atomic E-state index is 12.3. The van der Waals surface area contributed by atoms with Crippen LogP contribution in [0, 0.1) is 6.92 Å². The van der Waals surface area contributed by atoms with Crippen molar-refractivity contribution in [1.29, 1.82) is 0 Å². The Kier molecular flexibility index (Phi) is 5.33. The zero-order valence-corrected chi connectivity index (χ0v) is 13.6. The van der Waals surface area contributed by atoms with Crippen molar-refractivity contribution >= 4 is 21.8 Å². The van der Waals surface area contributed by atoms with Gasteiger partial charge in [-0.05, 0) is 46.6 Å². The number of aromatic nitrogens is 1. The van der Waals surface area contributed by atoms with E-state index in [9.17, 15) is 4.79 Å². The minimum Gasteiger partial charge on any atom is -0.491 e. The van der Waals surface area contributed by atoms with Crippen molar-refractivity contribution in [1.82, 2.24) is 9.88 Å². The monoisotopic (exact) mass is 348 g/mol. The highest BCUT2D eigenvalue weighted by Crippen LogP contribution is 2.17. The fourth-order valence-corrected chi connectivity index (χ4v) is 2.26. The van der Waals surface area contributed by atoms with Crippen molar-refractivity contribution in [3.05, 3.63) is 58.3 Å². The van der Waals surface area contributed by atoms with Gasteiger partial charge < -0.3 is 9.64 Å². The first-order valence-electron chi connectivity index (χ1n) is 6.64. The molecule has 2 rings (SSSR count). The highest BCUT2D eigenvalue weighted by atomic mass is 79.9. The highest BCUT2D eigenvalue weighted by Gasteiger charge is 2.15. The lowest BCUT2D eigenvalue weighted by Crippen LogP contribution is -2.31. The summed E-state index contributed by atoms with van der Waals surface area (Å²) in [6.45, 7) is 2.93. The summed E-state index contributed by atoms with van der Waals surface area (Å²) in [5, 5.41) is 0. The summed E-state index contributed by atoms with van der Waals surface area (Å²) in [5.41, 5.74) is 1.50. The molecule has 21 heavy (non-hydrogen) atoms. The molecule has 2 aromatic rings. The fourth-order valence-electron chi connectivity index (χ4n) is 1.84. The number of carbonyl (C=O) groups excluding carboxylic acids is 1. The number of pyridine rings is 1. The first-order chi connectivity index (χ1) is 10.1. The quantitative estimate of drug-likeness (QED) is 0.832. The van der Waals surface area contributed by atoms with Gasteiger partial charge in [0.05, 0.1) is 6.54 Å². The van der Waals surface area contributed by atoms with Gasteiger partial charge >= 0.3 is 0 Å². The molecule has 5 heteroatoms. The number of amides is 1. The molecule has 0 spiro atoms. The minimum atomic E-state index is -0.129. The van der Waals surface area contributed by atoms with Crippen LogP contribution < -0.4 is 4.74 Å². The molecule has 0 N–H and O–H groups in total.